The smallest absolute Gasteiger partial charge is 0.00971 e. The van der Waals surface area contributed by atoms with E-state index in [1.54, 1.807) is 0 Å². The molecule has 12 heavy (non-hydrogen) atoms. The van der Waals surface area contributed by atoms with E-state index in [4.69, 9.17) is 0 Å². The van der Waals surface area contributed by atoms with E-state index >= 15 is 0 Å². The van der Waals surface area contributed by atoms with Crippen molar-refractivity contribution in [1.29, 1.82) is 0 Å². The molecule has 1 heterocycles. The van der Waals surface area contributed by atoms with Crippen molar-refractivity contribution in [2.24, 2.45) is 11.3 Å². The Hall–Kier alpha value is -0.0400. The van der Waals surface area contributed by atoms with Gasteiger partial charge in [0.05, 0.1) is 0 Å². The van der Waals surface area contributed by atoms with Crippen molar-refractivity contribution < 1.29 is 0 Å². The first-order valence-electron chi connectivity index (χ1n) is 5.19. The molecule has 1 fully saturated rings. The van der Waals surface area contributed by atoms with Crippen molar-refractivity contribution in [2.75, 3.05) is 13.6 Å². The molecule has 1 saturated heterocycles. The third kappa shape index (κ3) is 1.66. The van der Waals surface area contributed by atoms with Gasteiger partial charge < -0.3 is 4.90 Å². The van der Waals surface area contributed by atoms with Crippen LogP contribution in [0, 0.1) is 11.3 Å². The molecular formula is C11H23N. The van der Waals surface area contributed by atoms with Gasteiger partial charge >= 0.3 is 0 Å². The van der Waals surface area contributed by atoms with Crippen molar-refractivity contribution in [2.45, 2.75) is 46.6 Å². The molecule has 2 atom stereocenters. The molecule has 0 aromatic carbocycles. The van der Waals surface area contributed by atoms with Gasteiger partial charge in [-0.05, 0) is 38.3 Å². The molecular weight excluding hydrogens is 146 g/mol. The van der Waals surface area contributed by atoms with Crippen LogP contribution in [0.2, 0.25) is 0 Å². The maximum Gasteiger partial charge on any atom is 0.00971 e. The summed E-state index contributed by atoms with van der Waals surface area (Å²) in [5.41, 5.74) is 0.556. The minimum Gasteiger partial charge on any atom is -0.303 e. The Labute approximate surface area is 77.1 Å². The van der Waals surface area contributed by atoms with Gasteiger partial charge in [-0.15, -0.1) is 0 Å². The highest BCUT2D eigenvalue weighted by molar-refractivity contribution is 4.90. The Morgan fingerprint density at radius 3 is 2.42 bits per heavy atom. The quantitative estimate of drug-likeness (QED) is 0.583. The SMILES string of the molecule is CCC1C(C)N(C)CCC1(C)C. The van der Waals surface area contributed by atoms with Crippen molar-refractivity contribution in [3.63, 3.8) is 0 Å². The Kier molecular flexibility index (Phi) is 2.82. The van der Waals surface area contributed by atoms with E-state index in [0.29, 0.717) is 5.41 Å². The first-order chi connectivity index (χ1) is 5.49. The fourth-order valence-electron chi connectivity index (χ4n) is 2.71. The van der Waals surface area contributed by atoms with Crippen LogP contribution in [-0.4, -0.2) is 24.5 Å². The lowest BCUT2D eigenvalue weighted by Gasteiger charge is -2.47. The summed E-state index contributed by atoms with van der Waals surface area (Å²) in [5.74, 6) is 0.872. The Morgan fingerprint density at radius 2 is 2.00 bits per heavy atom. The summed E-state index contributed by atoms with van der Waals surface area (Å²) in [6.07, 6.45) is 2.67. The largest absolute Gasteiger partial charge is 0.303 e. The average Bonchev–Trinajstić information content (AvgIpc) is 1.99. The first kappa shape index (κ1) is 10.0. The van der Waals surface area contributed by atoms with Gasteiger partial charge in [0, 0.05) is 6.04 Å². The van der Waals surface area contributed by atoms with Gasteiger partial charge in [-0.3, -0.25) is 0 Å². The highest BCUT2D eigenvalue weighted by atomic mass is 15.1. The molecule has 0 radical (unpaired) electrons. The molecule has 0 bridgehead atoms. The summed E-state index contributed by atoms with van der Waals surface area (Å²) in [5, 5.41) is 0. The maximum absolute atomic E-state index is 2.50. The molecule has 0 amide bonds. The summed E-state index contributed by atoms with van der Waals surface area (Å²) in [6.45, 7) is 10.8. The van der Waals surface area contributed by atoms with E-state index < -0.39 is 0 Å². The fourth-order valence-corrected chi connectivity index (χ4v) is 2.71. The predicted molar refractivity (Wildman–Crippen MR) is 54.3 cm³/mol. The van der Waals surface area contributed by atoms with Gasteiger partial charge in [-0.1, -0.05) is 27.2 Å². The number of hydrogen-bond donors (Lipinski definition) is 0. The van der Waals surface area contributed by atoms with Crippen LogP contribution in [-0.2, 0) is 0 Å². The fraction of sp³-hybridized carbons (Fsp3) is 1.00. The highest BCUT2D eigenvalue weighted by Crippen LogP contribution is 2.40. The molecule has 1 aliphatic rings. The third-order valence-corrected chi connectivity index (χ3v) is 3.83. The molecule has 1 nitrogen and oxygen atoms in total. The molecule has 1 rings (SSSR count). The Balaban J connectivity index is 2.72. The molecule has 1 heteroatoms. The normalized spacial score (nSPS) is 36.8. The summed E-state index contributed by atoms with van der Waals surface area (Å²) >= 11 is 0. The minimum atomic E-state index is 0.556. The number of hydrogen-bond acceptors (Lipinski definition) is 1. The lowest BCUT2D eigenvalue weighted by Crippen LogP contribution is -2.48. The number of piperidine rings is 1. The van der Waals surface area contributed by atoms with Gasteiger partial charge in [0.1, 0.15) is 0 Å². The molecule has 0 N–H and O–H groups in total. The van der Waals surface area contributed by atoms with Gasteiger partial charge in [0.2, 0.25) is 0 Å². The molecule has 0 aromatic rings. The second-order valence-electron chi connectivity index (χ2n) is 4.97. The maximum atomic E-state index is 2.50. The van der Waals surface area contributed by atoms with Crippen molar-refractivity contribution in [3.05, 3.63) is 0 Å². The molecule has 0 saturated carbocycles. The van der Waals surface area contributed by atoms with Crippen molar-refractivity contribution in [3.8, 4) is 0 Å². The van der Waals surface area contributed by atoms with Gasteiger partial charge in [-0.25, -0.2) is 0 Å². The monoisotopic (exact) mass is 169 g/mol. The molecule has 1 aliphatic heterocycles. The van der Waals surface area contributed by atoms with Crippen LogP contribution in [0.5, 0.6) is 0 Å². The van der Waals surface area contributed by atoms with E-state index in [0.717, 1.165) is 12.0 Å². The Bertz CT molecular complexity index is 151. The van der Waals surface area contributed by atoms with Crippen LogP contribution >= 0.6 is 0 Å². The molecule has 0 spiro atoms. The van der Waals surface area contributed by atoms with Crippen LogP contribution in [0.3, 0.4) is 0 Å². The number of rotatable bonds is 1. The average molecular weight is 169 g/mol. The highest BCUT2D eigenvalue weighted by Gasteiger charge is 2.37. The predicted octanol–water partition coefficient (Wildman–Crippen LogP) is 2.76. The van der Waals surface area contributed by atoms with Gasteiger partial charge in [-0.2, -0.15) is 0 Å². The lowest BCUT2D eigenvalue weighted by atomic mass is 9.68. The van der Waals surface area contributed by atoms with E-state index in [1.165, 1.54) is 19.4 Å². The third-order valence-electron chi connectivity index (χ3n) is 3.83. The van der Waals surface area contributed by atoms with E-state index in [2.05, 4.69) is 39.6 Å². The summed E-state index contributed by atoms with van der Waals surface area (Å²) < 4.78 is 0. The summed E-state index contributed by atoms with van der Waals surface area (Å²) in [4.78, 5) is 2.50. The molecule has 0 aliphatic carbocycles. The van der Waals surface area contributed by atoms with Crippen molar-refractivity contribution >= 4 is 0 Å². The minimum absolute atomic E-state index is 0.556. The summed E-state index contributed by atoms with van der Waals surface area (Å²) in [6, 6.07) is 0.763. The van der Waals surface area contributed by atoms with E-state index in [1.807, 2.05) is 0 Å². The van der Waals surface area contributed by atoms with E-state index in [9.17, 15) is 0 Å². The van der Waals surface area contributed by atoms with E-state index in [-0.39, 0.29) is 0 Å². The van der Waals surface area contributed by atoms with Gasteiger partial charge in [0.15, 0.2) is 0 Å². The molecule has 0 aromatic heterocycles. The zero-order valence-corrected chi connectivity index (χ0v) is 9.22. The second kappa shape index (κ2) is 3.37. The molecule has 2 unspecified atom stereocenters. The van der Waals surface area contributed by atoms with Crippen LogP contribution in [0.25, 0.3) is 0 Å². The van der Waals surface area contributed by atoms with Crippen molar-refractivity contribution in [1.82, 2.24) is 4.90 Å². The van der Waals surface area contributed by atoms with Crippen LogP contribution in [0.15, 0.2) is 0 Å². The topological polar surface area (TPSA) is 3.24 Å². The second-order valence-corrected chi connectivity index (χ2v) is 4.97. The Morgan fingerprint density at radius 1 is 1.42 bits per heavy atom. The molecule has 72 valence electrons. The number of nitrogens with zero attached hydrogens (tertiary/aromatic N) is 1. The standard InChI is InChI=1S/C11H23N/c1-6-10-9(2)12(5)8-7-11(10,3)4/h9-10H,6-8H2,1-5H3. The van der Waals surface area contributed by atoms with Gasteiger partial charge in [0.25, 0.3) is 0 Å². The summed E-state index contributed by atoms with van der Waals surface area (Å²) in [7, 11) is 2.25. The number of likely N-dealkylation sites (tertiary alicyclic amines) is 1. The van der Waals surface area contributed by atoms with Crippen LogP contribution < -0.4 is 0 Å². The van der Waals surface area contributed by atoms with Crippen LogP contribution in [0.4, 0.5) is 0 Å². The zero-order chi connectivity index (χ0) is 9.35. The van der Waals surface area contributed by atoms with Crippen LogP contribution in [0.1, 0.15) is 40.5 Å². The lowest BCUT2D eigenvalue weighted by molar-refractivity contribution is 0.0234. The zero-order valence-electron chi connectivity index (χ0n) is 9.22. The first-order valence-corrected chi connectivity index (χ1v) is 5.19.